The number of carbonyl (C=O) groups is 1. The van der Waals surface area contributed by atoms with Gasteiger partial charge in [-0.15, -0.1) is 6.58 Å². The molecule has 0 radical (unpaired) electrons. The van der Waals surface area contributed by atoms with Crippen LogP contribution in [0.3, 0.4) is 0 Å². The fourth-order valence-corrected chi connectivity index (χ4v) is 2.15. The van der Waals surface area contributed by atoms with E-state index >= 15 is 0 Å². The molecule has 0 aromatic heterocycles. The normalized spacial score (nSPS) is 18.8. The van der Waals surface area contributed by atoms with Crippen LogP contribution in [0, 0.1) is 0 Å². The van der Waals surface area contributed by atoms with E-state index in [-0.39, 0.29) is 11.9 Å². The molecule has 3 nitrogen and oxygen atoms in total. The molecule has 0 aromatic rings. The quantitative estimate of drug-likeness (QED) is 0.698. The Bertz CT molecular complexity index is 222. The predicted molar refractivity (Wildman–Crippen MR) is 62.7 cm³/mol. The molecule has 1 fully saturated rings. The lowest BCUT2D eigenvalue weighted by Gasteiger charge is -2.30. The van der Waals surface area contributed by atoms with E-state index in [1.807, 2.05) is 24.9 Å². The van der Waals surface area contributed by atoms with Crippen LogP contribution in [0.2, 0.25) is 0 Å². The van der Waals surface area contributed by atoms with E-state index in [9.17, 15) is 4.79 Å². The van der Waals surface area contributed by atoms with Crippen molar-refractivity contribution in [3.8, 4) is 0 Å². The van der Waals surface area contributed by atoms with Crippen molar-refractivity contribution in [1.29, 1.82) is 0 Å². The van der Waals surface area contributed by atoms with Gasteiger partial charge in [-0.1, -0.05) is 18.9 Å². The number of nitrogens with zero attached hydrogens (tertiary/aromatic N) is 1. The minimum absolute atomic E-state index is 0.0921. The van der Waals surface area contributed by atoms with E-state index in [1.165, 1.54) is 12.8 Å². The molecule has 1 aliphatic carbocycles. The lowest BCUT2D eigenvalue weighted by Crippen LogP contribution is -2.47. The number of nitrogens with one attached hydrogen (secondary N) is 1. The standard InChI is InChI=1S/C12H22N2O/c1-4-9-14(11-7-5-6-8-11)12(15)10(2)13-3/h4,10-11,13H,1,5-9H2,2-3H3. The summed E-state index contributed by atoms with van der Waals surface area (Å²) in [4.78, 5) is 14.0. The zero-order valence-electron chi connectivity index (χ0n) is 9.83. The number of rotatable bonds is 5. The summed E-state index contributed by atoms with van der Waals surface area (Å²) in [5, 5.41) is 3.00. The van der Waals surface area contributed by atoms with Crippen molar-refractivity contribution in [2.24, 2.45) is 0 Å². The molecule has 86 valence electrons. The minimum Gasteiger partial charge on any atom is -0.335 e. The van der Waals surface area contributed by atoms with Crippen LogP contribution in [0.15, 0.2) is 12.7 Å². The first-order valence-corrected chi connectivity index (χ1v) is 5.79. The molecular weight excluding hydrogens is 188 g/mol. The molecule has 0 aromatic carbocycles. The second-order valence-corrected chi connectivity index (χ2v) is 4.23. The van der Waals surface area contributed by atoms with Crippen molar-refractivity contribution in [2.45, 2.75) is 44.7 Å². The molecular formula is C12H22N2O. The van der Waals surface area contributed by atoms with E-state index in [2.05, 4.69) is 11.9 Å². The van der Waals surface area contributed by atoms with Gasteiger partial charge in [-0.3, -0.25) is 4.79 Å². The van der Waals surface area contributed by atoms with Crippen molar-refractivity contribution in [3.05, 3.63) is 12.7 Å². The van der Waals surface area contributed by atoms with Gasteiger partial charge >= 0.3 is 0 Å². The van der Waals surface area contributed by atoms with Crippen molar-refractivity contribution < 1.29 is 4.79 Å². The molecule has 1 N–H and O–H groups in total. The Labute approximate surface area is 92.5 Å². The molecule has 1 saturated carbocycles. The lowest BCUT2D eigenvalue weighted by molar-refractivity contribution is -0.134. The fourth-order valence-electron chi connectivity index (χ4n) is 2.15. The average Bonchev–Trinajstić information content (AvgIpc) is 2.77. The summed E-state index contributed by atoms with van der Waals surface area (Å²) in [5.41, 5.74) is 0. The van der Waals surface area contributed by atoms with Gasteiger partial charge in [0.1, 0.15) is 0 Å². The molecule has 0 bridgehead atoms. The Morgan fingerprint density at radius 2 is 2.20 bits per heavy atom. The van der Waals surface area contributed by atoms with E-state index in [0.29, 0.717) is 12.6 Å². The van der Waals surface area contributed by atoms with Crippen LogP contribution in [0.5, 0.6) is 0 Å². The summed E-state index contributed by atoms with van der Waals surface area (Å²) in [5.74, 6) is 0.198. The first-order valence-electron chi connectivity index (χ1n) is 5.79. The van der Waals surface area contributed by atoms with Crippen molar-refractivity contribution in [2.75, 3.05) is 13.6 Å². The van der Waals surface area contributed by atoms with Gasteiger partial charge in [0.2, 0.25) is 5.91 Å². The van der Waals surface area contributed by atoms with Gasteiger partial charge in [-0.05, 0) is 26.8 Å². The first kappa shape index (κ1) is 12.2. The zero-order valence-corrected chi connectivity index (χ0v) is 9.83. The Balaban J connectivity index is 2.62. The van der Waals surface area contributed by atoms with Gasteiger partial charge in [0.05, 0.1) is 6.04 Å². The highest BCUT2D eigenvalue weighted by atomic mass is 16.2. The number of hydrogen-bond acceptors (Lipinski definition) is 2. The fraction of sp³-hybridized carbons (Fsp3) is 0.750. The number of amides is 1. The third-order valence-corrected chi connectivity index (χ3v) is 3.18. The Kier molecular flexibility index (Phi) is 4.82. The molecule has 0 aliphatic heterocycles. The average molecular weight is 210 g/mol. The highest BCUT2D eigenvalue weighted by Gasteiger charge is 2.27. The Hall–Kier alpha value is -0.830. The molecule has 15 heavy (non-hydrogen) atoms. The topological polar surface area (TPSA) is 32.3 Å². The smallest absolute Gasteiger partial charge is 0.239 e. The molecule has 1 aliphatic rings. The summed E-state index contributed by atoms with van der Waals surface area (Å²) < 4.78 is 0. The van der Waals surface area contributed by atoms with Crippen LogP contribution in [-0.2, 0) is 4.79 Å². The SMILES string of the molecule is C=CCN(C(=O)C(C)NC)C1CCCC1. The van der Waals surface area contributed by atoms with E-state index < -0.39 is 0 Å². The maximum atomic E-state index is 12.1. The van der Waals surface area contributed by atoms with Gasteiger partial charge < -0.3 is 10.2 Å². The molecule has 1 rings (SSSR count). The summed E-state index contributed by atoms with van der Waals surface area (Å²) in [7, 11) is 1.82. The largest absolute Gasteiger partial charge is 0.335 e. The van der Waals surface area contributed by atoms with Crippen molar-refractivity contribution in [1.82, 2.24) is 10.2 Å². The Morgan fingerprint density at radius 3 is 2.67 bits per heavy atom. The van der Waals surface area contributed by atoms with E-state index in [4.69, 9.17) is 0 Å². The van der Waals surface area contributed by atoms with Crippen LogP contribution in [-0.4, -0.2) is 36.5 Å². The highest BCUT2D eigenvalue weighted by Crippen LogP contribution is 2.23. The summed E-state index contributed by atoms with van der Waals surface area (Å²) >= 11 is 0. The number of hydrogen-bond donors (Lipinski definition) is 1. The minimum atomic E-state index is -0.0921. The Morgan fingerprint density at radius 1 is 1.60 bits per heavy atom. The van der Waals surface area contributed by atoms with Crippen LogP contribution in [0.1, 0.15) is 32.6 Å². The highest BCUT2D eigenvalue weighted by molar-refractivity contribution is 5.81. The van der Waals surface area contributed by atoms with Gasteiger partial charge in [-0.2, -0.15) is 0 Å². The summed E-state index contributed by atoms with van der Waals surface area (Å²) in [6.45, 7) is 6.31. The molecule has 1 atom stereocenters. The molecule has 1 unspecified atom stereocenters. The number of likely N-dealkylation sites (N-methyl/N-ethyl adjacent to an activating group) is 1. The molecule has 0 heterocycles. The van der Waals surface area contributed by atoms with Gasteiger partial charge in [0.25, 0.3) is 0 Å². The van der Waals surface area contributed by atoms with Crippen molar-refractivity contribution in [3.63, 3.8) is 0 Å². The van der Waals surface area contributed by atoms with Crippen LogP contribution in [0.4, 0.5) is 0 Å². The predicted octanol–water partition coefficient (Wildman–Crippen LogP) is 1.55. The molecule has 3 heteroatoms. The van der Waals surface area contributed by atoms with Gasteiger partial charge in [0.15, 0.2) is 0 Å². The molecule has 1 amide bonds. The maximum Gasteiger partial charge on any atom is 0.239 e. The summed E-state index contributed by atoms with van der Waals surface area (Å²) in [6.07, 6.45) is 6.61. The zero-order chi connectivity index (χ0) is 11.3. The second kappa shape index (κ2) is 5.91. The third kappa shape index (κ3) is 3.06. The van der Waals surface area contributed by atoms with Gasteiger partial charge in [0, 0.05) is 12.6 Å². The number of carbonyl (C=O) groups excluding carboxylic acids is 1. The van der Waals surface area contributed by atoms with Crippen LogP contribution < -0.4 is 5.32 Å². The monoisotopic (exact) mass is 210 g/mol. The maximum absolute atomic E-state index is 12.1. The second-order valence-electron chi connectivity index (χ2n) is 4.23. The van der Waals surface area contributed by atoms with E-state index in [1.54, 1.807) is 0 Å². The van der Waals surface area contributed by atoms with Crippen molar-refractivity contribution >= 4 is 5.91 Å². The first-order chi connectivity index (χ1) is 7.20. The van der Waals surface area contributed by atoms with Gasteiger partial charge in [-0.25, -0.2) is 0 Å². The summed E-state index contributed by atoms with van der Waals surface area (Å²) in [6, 6.07) is 0.344. The third-order valence-electron chi connectivity index (χ3n) is 3.18. The van der Waals surface area contributed by atoms with Crippen LogP contribution in [0.25, 0.3) is 0 Å². The lowest BCUT2D eigenvalue weighted by atomic mass is 10.1. The van der Waals surface area contributed by atoms with E-state index in [0.717, 1.165) is 12.8 Å². The molecule has 0 spiro atoms. The van der Waals surface area contributed by atoms with Crippen LogP contribution >= 0.6 is 0 Å². The molecule has 0 saturated heterocycles.